The van der Waals surface area contributed by atoms with E-state index in [-0.39, 0.29) is 24.2 Å². The van der Waals surface area contributed by atoms with E-state index >= 15 is 0 Å². The molecular formula is C18H23F5O2. The molecule has 0 aromatic carbocycles. The van der Waals surface area contributed by atoms with Crippen molar-refractivity contribution in [2.45, 2.75) is 63.0 Å². The van der Waals surface area contributed by atoms with Crippen molar-refractivity contribution in [2.24, 2.45) is 47.3 Å². The highest BCUT2D eigenvalue weighted by molar-refractivity contribution is 5.22. The van der Waals surface area contributed by atoms with Gasteiger partial charge in [-0.1, -0.05) is 13.8 Å². The van der Waals surface area contributed by atoms with Crippen LogP contribution in [0.25, 0.3) is 0 Å². The number of aliphatic hydroxyl groups is 1. The molecule has 0 amide bonds. The molecule has 10 unspecified atom stereocenters. The minimum absolute atomic E-state index is 0.159. The Morgan fingerprint density at radius 1 is 1.00 bits per heavy atom. The lowest BCUT2D eigenvalue weighted by molar-refractivity contribution is -0.416. The Bertz CT molecular complexity index is 621. The summed E-state index contributed by atoms with van der Waals surface area (Å²) in [6.45, 7) is 4.43. The van der Waals surface area contributed by atoms with Gasteiger partial charge in [0.1, 0.15) is 0 Å². The highest BCUT2D eigenvalue weighted by Crippen LogP contribution is 2.75. The van der Waals surface area contributed by atoms with E-state index in [0.717, 1.165) is 6.42 Å². The summed E-state index contributed by atoms with van der Waals surface area (Å²) >= 11 is 0. The molecular weight excluding hydrogens is 343 g/mol. The Morgan fingerprint density at radius 2 is 1.60 bits per heavy atom. The zero-order chi connectivity index (χ0) is 18.2. The van der Waals surface area contributed by atoms with E-state index in [4.69, 9.17) is 4.74 Å². The maximum atomic E-state index is 14.3. The second-order valence-electron chi connectivity index (χ2n) is 9.43. The first-order valence-corrected chi connectivity index (χ1v) is 9.29. The lowest BCUT2D eigenvalue weighted by Gasteiger charge is -2.47. The van der Waals surface area contributed by atoms with Gasteiger partial charge in [-0.2, -0.15) is 13.2 Å². The van der Waals surface area contributed by atoms with Crippen molar-refractivity contribution in [3.8, 4) is 0 Å². The van der Waals surface area contributed by atoms with Crippen molar-refractivity contribution in [3.63, 3.8) is 0 Å². The molecule has 0 aromatic rings. The maximum absolute atomic E-state index is 14.3. The number of halogens is 5. The molecule has 142 valence electrons. The van der Waals surface area contributed by atoms with Crippen LogP contribution in [0.4, 0.5) is 22.0 Å². The summed E-state index contributed by atoms with van der Waals surface area (Å²) in [4.78, 5) is 0. The van der Waals surface area contributed by atoms with Crippen molar-refractivity contribution >= 4 is 0 Å². The van der Waals surface area contributed by atoms with E-state index in [2.05, 4.69) is 13.8 Å². The number of fused-ring (bicyclic) bond motifs is 10. The smallest absolute Gasteiger partial charge is 0.354 e. The van der Waals surface area contributed by atoms with Gasteiger partial charge in [0.2, 0.25) is 0 Å². The number of hydrogen-bond acceptors (Lipinski definition) is 2. The molecule has 5 rings (SSSR count). The fraction of sp³-hybridized carbons (Fsp3) is 1.00. The van der Waals surface area contributed by atoms with Gasteiger partial charge in [-0.05, 0) is 66.6 Å². The molecule has 7 heteroatoms. The average molecular weight is 366 g/mol. The fourth-order valence-corrected chi connectivity index (χ4v) is 7.85. The van der Waals surface area contributed by atoms with E-state index in [1.165, 1.54) is 0 Å². The molecule has 1 aliphatic heterocycles. The average Bonchev–Trinajstić information content (AvgIpc) is 3.19. The molecule has 1 spiro atoms. The SMILES string of the molecule is CC1C(C)C2CC1C1C3CC(C21)C1(C3)CC(F)(F)C(O)(C(F)(F)F)O1. The predicted molar refractivity (Wildman–Crippen MR) is 77.5 cm³/mol. The first kappa shape index (κ1) is 16.7. The van der Waals surface area contributed by atoms with Gasteiger partial charge in [0.15, 0.2) is 0 Å². The summed E-state index contributed by atoms with van der Waals surface area (Å²) in [5.41, 5.74) is -1.52. The van der Waals surface area contributed by atoms with Gasteiger partial charge >= 0.3 is 17.9 Å². The lowest BCUT2D eigenvalue weighted by Crippen LogP contribution is -2.57. The Labute approximate surface area is 143 Å². The molecule has 4 aliphatic carbocycles. The van der Waals surface area contributed by atoms with Crippen LogP contribution in [0.2, 0.25) is 0 Å². The van der Waals surface area contributed by atoms with Gasteiger partial charge in [0.05, 0.1) is 5.60 Å². The van der Waals surface area contributed by atoms with E-state index in [0.29, 0.717) is 36.0 Å². The molecule has 10 atom stereocenters. The van der Waals surface area contributed by atoms with Gasteiger partial charge in [-0.25, -0.2) is 8.78 Å². The normalized spacial score (nSPS) is 61.4. The molecule has 1 N–H and O–H groups in total. The van der Waals surface area contributed by atoms with Crippen LogP contribution in [0.15, 0.2) is 0 Å². The van der Waals surface area contributed by atoms with Crippen LogP contribution in [0.5, 0.6) is 0 Å². The Morgan fingerprint density at radius 3 is 2.16 bits per heavy atom. The Hall–Kier alpha value is -0.430. The third-order valence-corrected chi connectivity index (χ3v) is 8.76. The first-order valence-electron chi connectivity index (χ1n) is 9.29. The minimum atomic E-state index is -5.50. The second kappa shape index (κ2) is 4.34. The molecule has 2 nitrogen and oxygen atoms in total. The number of alkyl halides is 5. The van der Waals surface area contributed by atoms with Gasteiger partial charge in [0.25, 0.3) is 0 Å². The first-order chi connectivity index (χ1) is 11.4. The van der Waals surface area contributed by atoms with Crippen molar-refractivity contribution in [3.05, 3.63) is 0 Å². The number of hydrogen-bond donors (Lipinski definition) is 1. The van der Waals surface area contributed by atoms with Crippen LogP contribution < -0.4 is 0 Å². The van der Waals surface area contributed by atoms with Gasteiger partial charge in [-0.3, -0.25) is 0 Å². The zero-order valence-corrected chi connectivity index (χ0v) is 14.2. The summed E-state index contributed by atoms with van der Waals surface area (Å²) in [6, 6.07) is 0. The van der Waals surface area contributed by atoms with Gasteiger partial charge < -0.3 is 9.84 Å². The van der Waals surface area contributed by atoms with Crippen LogP contribution >= 0.6 is 0 Å². The highest BCUT2D eigenvalue weighted by Gasteiger charge is 2.83. The van der Waals surface area contributed by atoms with E-state index in [1.54, 1.807) is 0 Å². The van der Waals surface area contributed by atoms with Crippen molar-refractivity contribution in [1.29, 1.82) is 0 Å². The molecule has 5 fully saturated rings. The maximum Gasteiger partial charge on any atom is 0.449 e. The topological polar surface area (TPSA) is 29.5 Å². The van der Waals surface area contributed by atoms with Crippen LogP contribution in [0, 0.1) is 47.3 Å². The van der Waals surface area contributed by atoms with Crippen molar-refractivity contribution in [2.75, 3.05) is 0 Å². The van der Waals surface area contributed by atoms with Gasteiger partial charge in [-0.15, -0.1) is 0 Å². The van der Waals surface area contributed by atoms with Crippen molar-refractivity contribution < 1.29 is 31.8 Å². The molecule has 1 saturated heterocycles. The van der Waals surface area contributed by atoms with E-state index in [1.807, 2.05) is 0 Å². The third kappa shape index (κ3) is 1.69. The molecule has 4 saturated carbocycles. The fourth-order valence-electron chi connectivity index (χ4n) is 7.85. The summed E-state index contributed by atoms with van der Waals surface area (Å²) in [7, 11) is 0. The molecule has 0 aromatic heterocycles. The molecule has 1 heterocycles. The summed E-state index contributed by atoms with van der Waals surface area (Å²) in [6.07, 6.45) is -4.54. The third-order valence-electron chi connectivity index (χ3n) is 8.76. The predicted octanol–water partition coefficient (Wildman–Crippen LogP) is 4.23. The number of rotatable bonds is 0. The Kier molecular flexibility index (Phi) is 2.91. The summed E-state index contributed by atoms with van der Waals surface area (Å²) in [5.74, 6) is -6.11. The summed E-state index contributed by atoms with van der Waals surface area (Å²) in [5, 5.41) is 9.78. The van der Waals surface area contributed by atoms with E-state index in [9.17, 15) is 27.1 Å². The minimum Gasteiger partial charge on any atom is -0.354 e. The molecule has 0 radical (unpaired) electrons. The molecule has 4 bridgehead atoms. The van der Waals surface area contributed by atoms with Crippen LogP contribution in [-0.4, -0.2) is 28.6 Å². The van der Waals surface area contributed by atoms with Gasteiger partial charge in [0, 0.05) is 6.42 Å². The molecule has 5 aliphatic rings. The van der Waals surface area contributed by atoms with E-state index < -0.39 is 29.9 Å². The molecule has 25 heavy (non-hydrogen) atoms. The number of ether oxygens (including phenoxy) is 1. The zero-order valence-electron chi connectivity index (χ0n) is 14.2. The quantitative estimate of drug-likeness (QED) is 0.514. The standard InChI is InChI=1S/C18H23F5O2/c1-7-8(2)11-4-10(7)13-9-3-12(14(11)13)15(5-9)6-16(19,20)17(24,25-15)18(21,22)23/h7-14,24H,3-6H2,1-2H3. The second-order valence-corrected chi connectivity index (χ2v) is 9.43. The van der Waals surface area contributed by atoms with Crippen LogP contribution in [-0.2, 0) is 4.74 Å². The largest absolute Gasteiger partial charge is 0.449 e. The van der Waals surface area contributed by atoms with Crippen LogP contribution in [0.3, 0.4) is 0 Å². The Balaban J connectivity index is 1.51. The monoisotopic (exact) mass is 366 g/mol. The van der Waals surface area contributed by atoms with Crippen molar-refractivity contribution in [1.82, 2.24) is 0 Å². The summed E-state index contributed by atoms with van der Waals surface area (Å²) < 4.78 is 73.1. The van der Waals surface area contributed by atoms with Crippen LogP contribution in [0.1, 0.15) is 39.5 Å². The lowest BCUT2D eigenvalue weighted by atomic mass is 9.60. The highest BCUT2D eigenvalue weighted by atomic mass is 19.4.